The molecule has 1 aromatic rings. The molecule has 5 heteroatoms. The Morgan fingerprint density at radius 2 is 2.05 bits per heavy atom. The molecule has 1 saturated heterocycles. The van der Waals surface area contributed by atoms with Gasteiger partial charge in [0.2, 0.25) is 0 Å². The van der Waals surface area contributed by atoms with Gasteiger partial charge in [-0.2, -0.15) is 0 Å². The van der Waals surface area contributed by atoms with E-state index in [1.807, 2.05) is 23.1 Å². The smallest absolute Gasteiger partial charge is 0.321 e. The van der Waals surface area contributed by atoms with Crippen LogP contribution in [-0.2, 0) is 0 Å². The summed E-state index contributed by atoms with van der Waals surface area (Å²) in [5.41, 5.74) is 0.742. The van der Waals surface area contributed by atoms with Crippen molar-refractivity contribution in [2.24, 2.45) is 11.8 Å². The van der Waals surface area contributed by atoms with E-state index in [1.54, 1.807) is 13.2 Å². The minimum atomic E-state index is -0.173. The maximum atomic E-state index is 12.2. The lowest BCUT2D eigenvalue weighted by molar-refractivity contribution is 0.163. The highest BCUT2D eigenvalue weighted by molar-refractivity contribution is 5.89. The van der Waals surface area contributed by atoms with Gasteiger partial charge < -0.3 is 20.1 Å². The summed E-state index contributed by atoms with van der Waals surface area (Å²) < 4.78 is 5.14. The van der Waals surface area contributed by atoms with Crippen molar-refractivity contribution in [3.05, 3.63) is 24.3 Å². The summed E-state index contributed by atoms with van der Waals surface area (Å²) in [7, 11) is 1.61. The maximum absolute atomic E-state index is 12.2. The Hall–Kier alpha value is -1.75. The maximum Gasteiger partial charge on any atom is 0.321 e. The third-order valence-corrected chi connectivity index (χ3v) is 4.33. The number of aliphatic hydroxyl groups is 1. The zero-order chi connectivity index (χ0) is 14.1. The van der Waals surface area contributed by atoms with Crippen molar-refractivity contribution in [1.29, 1.82) is 0 Å². The number of fused-ring (bicyclic) bond motifs is 1. The second-order valence-electron chi connectivity index (χ2n) is 5.71. The van der Waals surface area contributed by atoms with Gasteiger partial charge >= 0.3 is 6.03 Å². The summed E-state index contributed by atoms with van der Waals surface area (Å²) in [6.07, 6.45) is 1.48. The number of carbonyl (C=O) groups excluding carboxylic acids is 1. The van der Waals surface area contributed by atoms with Gasteiger partial charge in [0, 0.05) is 24.8 Å². The predicted octanol–water partition coefficient (Wildman–Crippen LogP) is 1.93. The van der Waals surface area contributed by atoms with Crippen LogP contribution in [0.5, 0.6) is 5.75 Å². The highest BCUT2D eigenvalue weighted by Gasteiger charge is 2.41. The first-order valence-corrected chi connectivity index (χ1v) is 7.03. The number of aliphatic hydroxyl groups excluding tert-OH is 1. The number of rotatable bonds is 2. The summed E-state index contributed by atoms with van der Waals surface area (Å²) in [6.45, 7) is 1.50. The van der Waals surface area contributed by atoms with Gasteiger partial charge in [-0.1, -0.05) is 6.07 Å². The molecule has 108 valence electrons. The van der Waals surface area contributed by atoms with E-state index in [0.717, 1.165) is 37.4 Å². The van der Waals surface area contributed by atoms with Gasteiger partial charge in [-0.3, -0.25) is 0 Å². The van der Waals surface area contributed by atoms with E-state index in [1.165, 1.54) is 0 Å². The lowest BCUT2D eigenvalue weighted by Gasteiger charge is -2.19. The number of nitrogens with zero attached hydrogens (tertiary/aromatic N) is 1. The first-order valence-electron chi connectivity index (χ1n) is 7.03. The van der Waals surface area contributed by atoms with Gasteiger partial charge in [0.15, 0.2) is 0 Å². The minimum Gasteiger partial charge on any atom is -0.497 e. The molecule has 1 unspecified atom stereocenters. The van der Waals surface area contributed by atoms with E-state index >= 15 is 0 Å². The topological polar surface area (TPSA) is 61.8 Å². The first-order chi connectivity index (χ1) is 9.65. The Morgan fingerprint density at radius 3 is 2.70 bits per heavy atom. The first kappa shape index (κ1) is 13.2. The molecule has 0 aromatic heterocycles. The monoisotopic (exact) mass is 276 g/mol. The number of benzene rings is 1. The number of methoxy groups -OCH3 is 1. The number of amides is 2. The lowest BCUT2D eigenvalue weighted by atomic mass is 10.0. The van der Waals surface area contributed by atoms with Crippen LogP contribution in [0.4, 0.5) is 10.5 Å². The van der Waals surface area contributed by atoms with Crippen LogP contribution in [0.2, 0.25) is 0 Å². The van der Waals surface area contributed by atoms with E-state index in [4.69, 9.17) is 4.74 Å². The average molecular weight is 276 g/mol. The lowest BCUT2D eigenvalue weighted by Crippen LogP contribution is -2.34. The van der Waals surface area contributed by atoms with Gasteiger partial charge in [0.1, 0.15) is 5.75 Å². The molecule has 2 amide bonds. The predicted molar refractivity (Wildman–Crippen MR) is 75.8 cm³/mol. The number of hydrogen-bond donors (Lipinski definition) is 2. The Balaban J connectivity index is 1.60. The standard InChI is InChI=1S/C15H20N2O3/c1-20-14-4-2-3-12(7-14)16-15(19)17-8-10-5-13(18)6-11(10)9-17/h2-4,7,10-11,13,18H,5-6,8-9H2,1H3,(H,16,19)/t10-,11+,13?. The molecule has 2 N–H and O–H groups in total. The van der Waals surface area contributed by atoms with Crippen LogP contribution < -0.4 is 10.1 Å². The van der Waals surface area contributed by atoms with Crippen molar-refractivity contribution < 1.29 is 14.6 Å². The molecule has 1 aliphatic heterocycles. The second-order valence-corrected chi connectivity index (χ2v) is 5.71. The van der Waals surface area contributed by atoms with E-state index in [9.17, 15) is 9.90 Å². The molecular weight excluding hydrogens is 256 g/mol. The number of urea groups is 1. The van der Waals surface area contributed by atoms with Crippen molar-refractivity contribution in [3.8, 4) is 5.75 Å². The van der Waals surface area contributed by atoms with Gasteiger partial charge in [-0.05, 0) is 36.8 Å². The number of likely N-dealkylation sites (tertiary alicyclic amines) is 1. The van der Waals surface area contributed by atoms with Crippen LogP contribution in [0.1, 0.15) is 12.8 Å². The largest absolute Gasteiger partial charge is 0.497 e. The van der Waals surface area contributed by atoms with Gasteiger partial charge in [-0.25, -0.2) is 4.79 Å². The molecular formula is C15H20N2O3. The van der Waals surface area contributed by atoms with E-state index in [-0.39, 0.29) is 12.1 Å². The minimum absolute atomic E-state index is 0.0675. The van der Waals surface area contributed by atoms with Crippen molar-refractivity contribution in [2.75, 3.05) is 25.5 Å². The van der Waals surface area contributed by atoms with Crippen LogP contribution in [-0.4, -0.2) is 42.3 Å². The molecule has 1 aromatic carbocycles. The SMILES string of the molecule is COc1cccc(NC(=O)N2C[C@H]3CC(O)C[C@H]3C2)c1. The van der Waals surface area contributed by atoms with Gasteiger partial charge in [0.05, 0.1) is 13.2 Å². The fraction of sp³-hybridized carbons (Fsp3) is 0.533. The third kappa shape index (κ3) is 2.58. The Bertz CT molecular complexity index is 492. The van der Waals surface area contributed by atoms with Crippen LogP contribution in [0, 0.1) is 11.8 Å². The van der Waals surface area contributed by atoms with Crippen LogP contribution in [0.3, 0.4) is 0 Å². The van der Waals surface area contributed by atoms with Gasteiger partial charge in [0.25, 0.3) is 0 Å². The highest BCUT2D eigenvalue weighted by Crippen LogP contribution is 2.38. The normalized spacial score (nSPS) is 28.3. The zero-order valence-electron chi connectivity index (χ0n) is 11.6. The molecule has 1 heterocycles. The summed E-state index contributed by atoms with van der Waals surface area (Å²) >= 11 is 0. The number of anilines is 1. The molecule has 2 fully saturated rings. The number of nitrogens with one attached hydrogen (secondary N) is 1. The Kier molecular flexibility index (Phi) is 3.53. The molecule has 1 aliphatic carbocycles. The molecule has 5 nitrogen and oxygen atoms in total. The van der Waals surface area contributed by atoms with Crippen LogP contribution in [0.25, 0.3) is 0 Å². The van der Waals surface area contributed by atoms with E-state index < -0.39 is 0 Å². The fourth-order valence-corrected chi connectivity index (χ4v) is 3.34. The van der Waals surface area contributed by atoms with E-state index in [2.05, 4.69) is 5.32 Å². The molecule has 20 heavy (non-hydrogen) atoms. The van der Waals surface area contributed by atoms with Crippen molar-refractivity contribution in [3.63, 3.8) is 0 Å². The van der Waals surface area contributed by atoms with Crippen molar-refractivity contribution >= 4 is 11.7 Å². The molecule has 0 radical (unpaired) electrons. The number of ether oxygens (including phenoxy) is 1. The van der Waals surface area contributed by atoms with Gasteiger partial charge in [-0.15, -0.1) is 0 Å². The molecule has 2 aliphatic rings. The number of hydrogen-bond acceptors (Lipinski definition) is 3. The summed E-state index contributed by atoms with van der Waals surface area (Å²) in [5.74, 6) is 1.64. The molecule has 3 atom stereocenters. The second kappa shape index (κ2) is 5.32. The molecule has 0 spiro atoms. The molecule has 0 bridgehead atoms. The number of carbonyl (C=O) groups is 1. The Morgan fingerprint density at radius 1 is 1.35 bits per heavy atom. The van der Waals surface area contributed by atoms with Crippen molar-refractivity contribution in [2.45, 2.75) is 18.9 Å². The zero-order valence-corrected chi connectivity index (χ0v) is 11.6. The summed E-state index contributed by atoms with van der Waals surface area (Å²) in [6, 6.07) is 7.28. The molecule has 1 saturated carbocycles. The summed E-state index contributed by atoms with van der Waals surface area (Å²) in [5, 5.41) is 12.5. The van der Waals surface area contributed by atoms with Crippen LogP contribution in [0.15, 0.2) is 24.3 Å². The quantitative estimate of drug-likeness (QED) is 0.867. The molecule has 3 rings (SSSR count). The van der Waals surface area contributed by atoms with E-state index in [0.29, 0.717) is 11.8 Å². The highest BCUT2D eigenvalue weighted by atomic mass is 16.5. The third-order valence-electron chi connectivity index (χ3n) is 4.33. The Labute approximate surface area is 118 Å². The average Bonchev–Trinajstić information content (AvgIpc) is 2.96. The summed E-state index contributed by atoms with van der Waals surface area (Å²) in [4.78, 5) is 14.1. The van der Waals surface area contributed by atoms with Crippen LogP contribution >= 0.6 is 0 Å². The fourth-order valence-electron chi connectivity index (χ4n) is 3.34. The van der Waals surface area contributed by atoms with Crippen molar-refractivity contribution in [1.82, 2.24) is 4.90 Å².